The van der Waals surface area contributed by atoms with Gasteiger partial charge >= 0.3 is 0 Å². The van der Waals surface area contributed by atoms with Crippen molar-refractivity contribution in [2.24, 2.45) is 0 Å². The van der Waals surface area contributed by atoms with Crippen LogP contribution in [0.25, 0.3) is 0 Å². The maximum absolute atomic E-state index is 13.0. The quantitative estimate of drug-likeness (QED) is 0.906. The summed E-state index contributed by atoms with van der Waals surface area (Å²) in [7, 11) is 1.54. The highest BCUT2D eigenvalue weighted by atomic mass is 19.1. The van der Waals surface area contributed by atoms with Crippen molar-refractivity contribution >= 4 is 0 Å². The van der Waals surface area contributed by atoms with Crippen LogP contribution in [0.3, 0.4) is 0 Å². The molecule has 0 saturated heterocycles. The summed E-state index contributed by atoms with van der Waals surface area (Å²) >= 11 is 0. The van der Waals surface area contributed by atoms with E-state index in [-0.39, 0.29) is 17.9 Å². The van der Waals surface area contributed by atoms with Crippen LogP contribution in [0.2, 0.25) is 0 Å². The Bertz CT molecular complexity index is 559. The third-order valence-corrected chi connectivity index (χ3v) is 2.70. The van der Waals surface area contributed by atoms with Crippen LogP contribution in [0, 0.1) is 5.82 Å². The van der Waals surface area contributed by atoms with E-state index in [9.17, 15) is 4.39 Å². The van der Waals surface area contributed by atoms with Crippen LogP contribution in [-0.4, -0.2) is 28.1 Å². The number of rotatable bonds is 5. The van der Waals surface area contributed by atoms with Crippen LogP contribution in [-0.2, 0) is 0 Å². The molecule has 20 heavy (non-hydrogen) atoms. The maximum Gasteiger partial charge on any atom is 0.237 e. The second-order valence-electron chi connectivity index (χ2n) is 4.61. The first-order valence-corrected chi connectivity index (χ1v) is 6.34. The molecule has 0 amide bonds. The summed E-state index contributed by atoms with van der Waals surface area (Å²) < 4.78 is 18.3. The van der Waals surface area contributed by atoms with E-state index in [2.05, 4.69) is 20.3 Å². The topological polar surface area (TPSA) is 59.9 Å². The van der Waals surface area contributed by atoms with E-state index >= 15 is 0 Å². The zero-order valence-corrected chi connectivity index (χ0v) is 11.7. The normalized spacial score (nSPS) is 12.4. The van der Waals surface area contributed by atoms with Gasteiger partial charge in [0.15, 0.2) is 0 Å². The second kappa shape index (κ2) is 6.38. The van der Waals surface area contributed by atoms with Crippen molar-refractivity contribution < 1.29 is 9.13 Å². The van der Waals surface area contributed by atoms with Crippen molar-refractivity contribution in [3.8, 4) is 5.88 Å². The highest BCUT2D eigenvalue weighted by Gasteiger charge is 2.22. The molecule has 0 aliphatic heterocycles. The molecular weight excluding hydrogens is 259 g/mol. The fourth-order valence-electron chi connectivity index (χ4n) is 1.89. The van der Waals surface area contributed by atoms with Crippen molar-refractivity contribution in [3.63, 3.8) is 0 Å². The molecule has 0 aliphatic carbocycles. The van der Waals surface area contributed by atoms with Gasteiger partial charge in [-0.3, -0.25) is 9.97 Å². The second-order valence-corrected chi connectivity index (χ2v) is 4.61. The van der Waals surface area contributed by atoms with Gasteiger partial charge in [-0.1, -0.05) is 0 Å². The highest BCUT2D eigenvalue weighted by Crippen LogP contribution is 2.25. The number of nitrogens with zero attached hydrogens (tertiary/aromatic N) is 3. The Morgan fingerprint density at radius 1 is 1.15 bits per heavy atom. The van der Waals surface area contributed by atoms with Crippen LogP contribution >= 0.6 is 0 Å². The Hall–Kier alpha value is -2.08. The molecule has 0 aliphatic rings. The molecule has 0 aromatic carbocycles. The Kier molecular flexibility index (Phi) is 4.57. The van der Waals surface area contributed by atoms with Crippen LogP contribution in [0.1, 0.15) is 31.3 Å². The predicted molar refractivity (Wildman–Crippen MR) is 72.9 cm³/mol. The van der Waals surface area contributed by atoms with Crippen LogP contribution in [0.5, 0.6) is 5.88 Å². The lowest BCUT2D eigenvalue weighted by Gasteiger charge is -2.21. The van der Waals surface area contributed by atoms with Gasteiger partial charge in [0, 0.05) is 18.4 Å². The number of methoxy groups -OCH3 is 1. The molecule has 0 spiro atoms. The molecule has 0 saturated carbocycles. The van der Waals surface area contributed by atoms with E-state index in [1.165, 1.54) is 19.4 Å². The molecule has 1 N–H and O–H groups in total. The van der Waals surface area contributed by atoms with Gasteiger partial charge in [-0.25, -0.2) is 9.37 Å². The highest BCUT2D eigenvalue weighted by molar-refractivity contribution is 5.29. The van der Waals surface area contributed by atoms with Gasteiger partial charge in [0.2, 0.25) is 5.88 Å². The minimum absolute atomic E-state index is 0.193. The summed E-state index contributed by atoms with van der Waals surface area (Å²) in [6.07, 6.45) is 4.34. The molecule has 2 aromatic rings. The molecule has 0 bridgehead atoms. The molecule has 0 fully saturated rings. The zero-order valence-electron chi connectivity index (χ0n) is 11.7. The van der Waals surface area contributed by atoms with E-state index < -0.39 is 0 Å². The number of nitrogens with one attached hydrogen (secondary N) is 1. The summed E-state index contributed by atoms with van der Waals surface area (Å²) in [4.78, 5) is 12.6. The van der Waals surface area contributed by atoms with Crippen molar-refractivity contribution in [2.75, 3.05) is 7.11 Å². The first-order valence-electron chi connectivity index (χ1n) is 6.34. The molecule has 2 rings (SSSR count). The van der Waals surface area contributed by atoms with E-state index in [4.69, 9.17) is 4.74 Å². The maximum atomic E-state index is 13.0. The van der Waals surface area contributed by atoms with E-state index in [1.54, 1.807) is 18.5 Å². The molecule has 106 valence electrons. The third kappa shape index (κ3) is 3.27. The van der Waals surface area contributed by atoms with Crippen molar-refractivity contribution in [3.05, 3.63) is 47.9 Å². The van der Waals surface area contributed by atoms with Crippen molar-refractivity contribution in [1.29, 1.82) is 0 Å². The Morgan fingerprint density at radius 3 is 2.50 bits per heavy atom. The summed E-state index contributed by atoms with van der Waals surface area (Å²) in [5.74, 6) is 0.0555. The van der Waals surface area contributed by atoms with Gasteiger partial charge in [0.05, 0.1) is 25.0 Å². The SMILES string of the molecule is COc1nccnc1C(NC(C)C)c1ccc(F)cn1. The lowest BCUT2D eigenvalue weighted by atomic mass is 10.1. The number of ether oxygens (including phenoxy) is 1. The summed E-state index contributed by atoms with van der Waals surface area (Å²) in [5.41, 5.74) is 1.29. The average molecular weight is 276 g/mol. The summed E-state index contributed by atoms with van der Waals surface area (Å²) in [6.45, 7) is 4.03. The summed E-state index contributed by atoms with van der Waals surface area (Å²) in [6, 6.07) is 2.89. The number of hydrogen-bond acceptors (Lipinski definition) is 5. The standard InChI is InChI=1S/C14H17FN4O/c1-9(2)19-12(11-5-4-10(15)8-18-11)13-14(20-3)17-7-6-16-13/h4-9,12,19H,1-3H3. The Morgan fingerprint density at radius 2 is 1.90 bits per heavy atom. The Labute approximate surface area is 117 Å². The lowest BCUT2D eigenvalue weighted by molar-refractivity contribution is 0.378. The first kappa shape index (κ1) is 14.3. The number of pyridine rings is 1. The molecule has 5 nitrogen and oxygen atoms in total. The van der Waals surface area contributed by atoms with Crippen molar-refractivity contribution in [2.45, 2.75) is 25.9 Å². The number of aromatic nitrogens is 3. The molecular formula is C14H17FN4O. The molecule has 1 atom stereocenters. The van der Waals surface area contributed by atoms with Crippen LogP contribution < -0.4 is 10.1 Å². The molecule has 6 heteroatoms. The van der Waals surface area contributed by atoms with Gasteiger partial charge in [-0.15, -0.1) is 0 Å². The number of hydrogen-bond donors (Lipinski definition) is 1. The van der Waals surface area contributed by atoms with Gasteiger partial charge in [-0.2, -0.15) is 0 Å². The Balaban J connectivity index is 2.44. The summed E-state index contributed by atoms with van der Waals surface area (Å²) in [5, 5.41) is 3.34. The zero-order chi connectivity index (χ0) is 14.5. The van der Waals surface area contributed by atoms with Crippen LogP contribution in [0.15, 0.2) is 30.7 Å². The molecule has 2 aromatic heterocycles. The predicted octanol–water partition coefficient (Wildman–Crippen LogP) is 2.11. The van der Waals surface area contributed by atoms with Crippen molar-refractivity contribution in [1.82, 2.24) is 20.3 Å². The molecule has 1 unspecified atom stereocenters. The van der Waals surface area contributed by atoms with Crippen LogP contribution in [0.4, 0.5) is 4.39 Å². The van der Waals surface area contributed by atoms with Gasteiger partial charge in [-0.05, 0) is 26.0 Å². The lowest BCUT2D eigenvalue weighted by Crippen LogP contribution is -2.30. The van der Waals surface area contributed by atoms with E-state index in [1.807, 2.05) is 13.8 Å². The third-order valence-electron chi connectivity index (χ3n) is 2.70. The van der Waals surface area contributed by atoms with Gasteiger partial charge in [0.25, 0.3) is 0 Å². The largest absolute Gasteiger partial charge is 0.480 e. The fraction of sp³-hybridized carbons (Fsp3) is 0.357. The van der Waals surface area contributed by atoms with Gasteiger partial charge in [0.1, 0.15) is 11.5 Å². The monoisotopic (exact) mass is 276 g/mol. The number of halogens is 1. The fourth-order valence-corrected chi connectivity index (χ4v) is 1.89. The first-order chi connectivity index (χ1) is 9.61. The molecule has 2 heterocycles. The molecule has 0 radical (unpaired) electrons. The minimum Gasteiger partial charge on any atom is -0.480 e. The minimum atomic E-state index is -0.372. The average Bonchev–Trinajstić information content (AvgIpc) is 2.45. The van der Waals surface area contributed by atoms with E-state index in [0.29, 0.717) is 17.3 Å². The smallest absolute Gasteiger partial charge is 0.237 e. The van der Waals surface area contributed by atoms with E-state index in [0.717, 1.165) is 0 Å². The van der Waals surface area contributed by atoms with Gasteiger partial charge < -0.3 is 10.1 Å².